The number of hydrogen-bond donors (Lipinski definition) is 0. The van der Waals surface area contributed by atoms with Gasteiger partial charge in [0.25, 0.3) is 0 Å². The van der Waals surface area contributed by atoms with Gasteiger partial charge < -0.3 is 8.83 Å². The van der Waals surface area contributed by atoms with Crippen molar-refractivity contribution in [2.75, 3.05) is 0 Å². The van der Waals surface area contributed by atoms with Crippen LogP contribution in [0.2, 0.25) is 0 Å². The van der Waals surface area contributed by atoms with Crippen LogP contribution in [0.4, 0.5) is 0 Å². The van der Waals surface area contributed by atoms with Gasteiger partial charge in [-0.15, -0.1) is 11.3 Å². The van der Waals surface area contributed by atoms with Gasteiger partial charge in [0.1, 0.15) is 16.7 Å². The molecule has 0 radical (unpaired) electrons. The number of thiophene rings is 1. The summed E-state index contributed by atoms with van der Waals surface area (Å²) in [5.41, 5.74) is 7.39. The van der Waals surface area contributed by atoms with Crippen LogP contribution in [0.5, 0.6) is 0 Å². The Balaban J connectivity index is 1.35. The summed E-state index contributed by atoms with van der Waals surface area (Å²) in [6.07, 6.45) is 1.93. The fraction of sp³-hybridized carbons (Fsp3) is 0. The van der Waals surface area contributed by atoms with Crippen LogP contribution < -0.4 is 0 Å². The van der Waals surface area contributed by atoms with E-state index in [1.807, 2.05) is 41.9 Å². The van der Waals surface area contributed by atoms with E-state index in [0.29, 0.717) is 0 Å². The van der Waals surface area contributed by atoms with E-state index in [1.54, 1.807) is 0 Å². The van der Waals surface area contributed by atoms with Gasteiger partial charge in [-0.3, -0.25) is 0 Å². The molecule has 0 saturated heterocycles. The average Bonchev–Trinajstić information content (AvgIpc) is 3.76. The molecule has 0 unspecified atom stereocenters. The van der Waals surface area contributed by atoms with Crippen LogP contribution in [0.15, 0.2) is 142 Å². The number of rotatable bonds is 2. The van der Waals surface area contributed by atoms with Gasteiger partial charge in [0, 0.05) is 47.5 Å². The van der Waals surface area contributed by atoms with Crippen LogP contribution in [-0.4, -0.2) is 0 Å². The molecule has 43 heavy (non-hydrogen) atoms. The molecule has 0 amide bonds. The van der Waals surface area contributed by atoms with E-state index in [2.05, 4.69) is 103 Å². The first-order valence-corrected chi connectivity index (χ1v) is 15.3. The van der Waals surface area contributed by atoms with Crippen molar-refractivity contribution in [3.8, 4) is 22.3 Å². The molecule has 0 aliphatic rings. The van der Waals surface area contributed by atoms with Gasteiger partial charge in [-0.2, -0.15) is 0 Å². The summed E-state index contributed by atoms with van der Waals surface area (Å²) in [4.78, 5) is 0. The van der Waals surface area contributed by atoms with Crippen LogP contribution in [-0.2, 0) is 0 Å². The van der Waals surface area contributed by atoms with E-state index in [-0.39, 0.29) is 0 Å². The largest absolute Gasteiger partial charge is 0.464 e. The molecule has 0 aliphatic carbocycles. The molecule has 10 aromatic rings. The lowest BCUT2D eigenvalue weighted by Gasteiger charge is -2.17. The van der Waals surface area contributed by atoms with Crippen LogP contribution >= 0.6 is 11.3 Å². The number of hydrogen-bond acceptors (Lipinski definition) is 3. The van der Waals surface area contributed by atoms with E-state index in [4.69, 9.17) is 8.83 Å². The Morgan fingerprint density at radius 3 is 1.79 bits per heavy atom. The fourth-order valence-corrected chi connectivity index (χ4v) is 8.23. The first kappa shape index (κ1) is 23.2. The zero-order chi connectivity index (χ0) is 28.1. The molecular formula is C40H22O2S. The number of fused-ring (bicyclic) bond motifs is 10. The second-order valence-electron chi connectivity index (χ2n) is 11.2. The zero-order valence-electron chi connectivity index (χ0n) is 22.9. The lowest BCUT2D eigenvalue weighted by Crippen LogP contribution is -1.90. The maximum Gasteiger partial charge on any atom is 0.136 e. The van der Waals surface area contributed by atoms with Gasteiger partial charge in [0.2, 0.25) is 0 Å². The molecule has 0 N–H and O–H groups in total. The molecule has 0 fully saturated rings. The van der Waals surface area contributed by atoms with E-state index in [1.165, 1.54) is 58.4 Å². The molecule has 3 aromatic heterocycles. The number of benzene rings is 7. The Kier molecular flexibility index (Phi) is 4.63. The highest BCUT2D eigenvalue weighted by molar-refractivity contribution is 7.25. The Morgan fingerprint density at radius 2 is 1.02 bits per heavy atom. The maximum atomic E-state index is 6.29. The number of para-hydroxylation sites is 1. The second-order valence-corrected chi connectivity index (χ2v) is 12.3. The summed E-state index contributed by atoms with van der Waals surface area (Å²) in [7, 11) is 0. The third-order valence-corrected chi connectivity index (χ3v) is 10.1. The van der Waals surface area contributed by atoms with Crippen molar-refractivity contribution in [1.29, 1.82) is 0 Å². The molecule has 7 aromatic carbocycles. The van der Waals surface area contributed by atoms with Gasteiger partial charge in [-0.1, -0.05) is 91.0 Å². The van der Waals surface area contributed by atoms with Crippen molar-refractivity contribution in [1.82, 2.24) is 0 Å². The van der Waals surface area contributed by atoms with Crippen LogP contribution in [0.25, 0.3) is 96.9 Å². The van der Waals surface area contributed by atoms with E-state index in [9.17, 15) is 0 Å². The topological polar surface area (TPSA) is 26.3 Å². The molecule has 10 rings (SSSR count). The minimum atomic E-state index is 0.862. The van der Waals surface area contributed by atoms with Gasteiger partial charge in [0.05, 0.1) is 6.26 Å². The average molecular weight is 567 g/mol. The van der Waals surface area contributed by atoms with E-state index in [0.717, 1.165) is 38.5 Å². The minimum absolute atomic E-state index is 0.862. The summed E-state index contributed by atoms with van der Waals surface area (Å²) in [6, 6.07) is 45.6. The molecule has 0 spiro atoms. The predicted molar refractivity (Wildman–Crippen MR) is 182 cm³/mol. The standard InChI is InChI=1S/C40H22O2S/c1-3-12-27-25(10-1)37(23-17-20-36-30(21-23)24-9-6-8-16-35(24)43-36)26-11-2-4-13-28(26)38(27)31-22-41-33-18-19-34-39(40(31)33)29-14-5-7-15-32(29)42-34/h1-22H. The van der Waals surface area contributed by atoms with Crippen molar-refractivity contribution < 1.29 is 8.83 Å². The lowest BCUT2D eigenvalue weighted by molar-refractivity contribution is 0.616. The fourth-order valence-electron chi connectivity index (χ4n) is 7.14. The van der Waals surface area contributed by atoms with Crippen LogP contribution in [0, 0.1) is 0 Å². The molecule has 3 heteroatoms. The summed E-state index contributed by atoms with van der Waals surface area (Å²) in [5.74, 6) is 0. The smallest absolute Gasteiger partial charge is 0.136 e. The summed E-state index contributed by atoms with van der Waals surface area (Å²) in [5, 5.41) is 10.8. The molecule has 2 nitrogen and oxygen atoms in total. The predicted octanol–water partition coefficient (Wildman–Crippen LogP) is 12.3. The van der Waals surface area contributed by atoms with Crippen LogP contribution in [0.1, 0.15) is 0 Å². The maximum absolute atomic E-state index is 6.29. The number of furan rings is 2. The lowest BCUT2D eigenvalue weighted by atomic mass is 9.85. The Bertz CT molecular complexity index is 2680. The van der Waals surface area contributed by atoms with Crippen molar-refractivity contribution in [2.24, 2.45) is 0 Å². The van der Waals surface area contributed by atoms with Gasteiger partial charge in [0.15, 0.2) is 0 Å². The van der Waals surface area contributed by atoms with Crippen molar-refractivity contribution in [3.63, 3.8) is 0 Å². The first-order chi connectivity index (χ1) is 21.3. The Labute approximate surface area is 250 Å². The van der Waals surface area contributed by atoms with Crippen LogP contribution in [0.3, 0.4) is 0 Å². The molecule has 0 atom stereocenters. The SMILES string of the molecule is c1ccc2c(c1)oc1ccc3occ(-c4c5ccccc5c(-c5ccc6sc7ccccc7c6c5)c5ccccc45)c3c12. The molecule has 3 heterocycles. The van der Waals surface area contributed by atoms with Gasteiger partial charge in [-0.05, 0) is 69.1 Å². The van der Waals surface area contributed by atoms with Crippen molar-refractivity contribution >= 4 is 86.0 Å². The minimum Gasteiger partial charge on any atom is -0.464 e. The Morgan fingerprint density at radius 1 is 0.419 bits per heavy atom. The summed E-state index contributed by atoms with van der Waals surface area (Å²) >= 11 is 1.86. The summed E-state index contributed by atoms with van der Waals surface area (Å²) in [6.45, 7) is 0. The molecule has 0 aliphatic heterocycles. The highest BCUT2D eigenvalue weighted by Crippen LogP contribution is 2.48. The molecule has 0 bridgehead atoms. The Hall–Kier alpha value is -5.38. The monoisotopic (exact) mass is 566 g/mol. The third kappa shape index (κ3) is 3.17. The quantitative estimate of drug-likeness (QED) is 0.195. The highest BCUT2D eigenvalue weighted by Gasteiger charge is 2.22. The summed E-state index contributed by atoms with van der Waals surface area (Å²) < 4.78 is 15.2. The first-order valence-electron chi connectivity index (χ1n) is 14.5. The van der Waals surface area contributed by atoms with Gasteiger partial charge in [-0.25, -0.2) is 0 Å². The third-order valence-electron chi connectivity index (χ3n) is 8.94. The van der Waals surface area contributed by atoms with Gasteiger partial charge >= 0.3 is 0 Å². The highest BCUT2D eigenvalue weighted by atomic mass is 32.1. The molecule has 0 saturated carbocycles. The second kappa shape index (κ2) is 8.57. The molecular weight excluding hydrogens is 545 g/mol. The zero-order valence-corrected chi connectivity index (χ0v) is 23.7. The van der Waals surface area contributed by atoms with E-state index < -0.39 is 0 Å². The van der Waals surface area contributed by atoms with Crippen molar-refractivity contribution in [2.45, 2.75) is 0 Å². The van der Waals surface area contributed by atoms with E-state index >= 15 is 0 Å². The normalized spacial score (nSPS) is 12.2. The van der Waals surface area contributed by atoms with Crippen molar-refractivity contribution in [3.05, 3.63) is 134 Å². The molecule has 200 valence electrons.